The second kappa shape index (κ2) is 5.81. The van der Waals surface area contributed by atoms with E-state index in [0.717, 1.165) is 17.7 Å². The Morgan fingerprint density at radius 2 is 2.20 bits per heavy atom. The summed E-state index contributed by atoms with van der Waals surface area (Å²) in [5, 5.41) is 6.33. The monoisotopic (exact) mass is 276 g/mol. The van der Waals surface area contributed by atoms with Crippen molar-refractivity contribution in [1.29, 1.82) is 0 Å². The van der Waals surface area contributed by atoms with Crippen LogP contribution in [-0.2, 0) is 9.53 Å². The first-order valence-corrected chi connectivity index (χ1v) is 7.13. The van der Waals surface area contributed by atoms with Crippen LogP contribution in [0.4, 0.5) is 0 Å². The molecule has 2 aliphatic heterocycles. The lowest BCUT2D eigenvalue weighted by Crippen LogP contribution is -2.56. The smallest absolute Gasteiger partial charge is 0.240 e. The summed E-state index contributed by atoms with van der Waals surface area (Å²) in [6.07, 6.45) is 0.698. The van der Waals surface area contributed by atoms with E-state index < -0.39 is 0 Å². The standard InChI is InChI=1S/C15H20N2O3/c1-10-14(16-7-9-19-10)15(18)17-12-6-8-20-13-5-3-2-4-11(12)13/h2-5,10,12,14,16H,6-9H2,1H3,(H,17,18)/t10-,12?,14+/m1/s1. The molecule has 5 heteroatoms. The van der Waals surface area contributed by atoms with Crippen molar-refractivity contribution in [3.63, 3.8) is 0 Å². The molecule has 2 N–H and O–H groups in total. The maximum atomic E-state index is 12.4. The molecule has 1 aromatic carbocycles. The van der Waals surface area contributed by atoms with Crippen LogP contribution in [0.25, 0.3) is 0 Å². The van der Waals surface area contributed by atoms with E-state index in [2.05, 4.69) is 10.6 Å². The zero-order valence-corrected chi connectivity index (χ0v) is 11.6. The number of hydrogen-bond acceptors (Lipinski definition) is 4. The first kappa shape index (κ1) is 13.4. The molecular weight excluding hydrogens is 256 g/mol. The Kier molecular flexibility index (Phi) is 3.89. The first-order valence-electron chi connectivity index (χ1n) is 7.13. The number of rotatable bonds is 2. The topological polar surface area (TPSA) is 59.6 Å². The van der Waals surface area contributed by atoms with Gasteiger partial charge in [0.15, 0.2) is 0 Å². The average molecular weight is 276 g/mol. The summed E-state index contributed by atoms with van der Waals surface area (Å²) in [7, 11) is 0. The molecule has 2 heterocycles. The van der Waals surface area contributed by atoms with Gasteiger partial charge < -0.3 is 20.1 Å². The number of benzene rings is 1. The van der Waals surface area contributed by atoms with Crippen LogP contribution < -0.4 is 15.4 Å². The van der Waals surface area contributed by atoms with E-state index in [0.29, 0.717) is 19.8 Å². The average Bonchev–Trinajstić information content (AvgIpc) is 2.48. The minimum Gasteiger partial charge on any atom is -0.493 e. The van der Waals surface area contributed by atoms with E-state index in [9.17, 15) is 4.79 Å². The molecule has 20 heavy (non-hydrogen) atoms. The number of fused-ring (bicyclic) bond motifs is 1. The van der Waals surface area contributed by atoms with E-state index in [1.165, 1.54) is 0 Å². The molecule has 1 aromatic rings. The van der Waals surface area contributed by atoms with Gasteiger partial charge in [-0.3, -0.25) is 4.79 Å². The Morgan fingerprint density at radius 1 is 1.35 bits per heavy atom. The molecular formula is C15H20N2O3. The zero-order valence-electron chi connectivity index (χ0n) is 11.6. The normalized spacial score (nSPS) is 29.1. The van der Waals surface area contributed by atoms with Gasteiger partial charge in [0, 0.05) is 18.5 Å². The van der Waals surface area contributed by atoms with Crippen LogP contribution in [0, 0.1) is 0 Å². The van der Waals surface area contributed by atoms with E-state index in [1.54, 1.807) is 0 Å². The fourth-order valence-electron chi connectivity index (χ4n) is 2.78. The van der Waals surface area contributed by atoms with Gasteiger partial charge in [-0.25, -0.2) is 0 Å². The number of amides is 1. The molecule has 0 bridgehead atoms. The highest BCUT2D eigenvalue weighted by Crippen LogP contribution is 2.31. The molecule has 1 saturated heterocycles. The number of hydrogen-bond donors (Lipinski definition) is 2. The number of nitrogens with one attached hydrogen (secondary N) is 2. The second-order valence-electron chi connectivity index (χ2n) is 5.24. The number of carbonyl (C=O) groups is 1. The summed E-state index contributed by atoms with van der Waals surface area (Å²) >= 11 is 0. The fourth-order valence-corrected chi connectivity index (χ4v) is 2.78. The minimum atomic E-state index is -0.279. The van der Waals surface area contributed by atoms with Gasteiger partial charge in [-0.05, 0) is 13.0 Å². The number of carbonyl (C=O) groups excluding carboxylic acids is 1. The van der Waals surface area contributed by atoms with Gasteiger partial charge >= 0.3 is 0 Å². The molecule has 0 aliphatic carbocycles. The number of ether oxygens (including phenoxy) is 2. The lowest BCUT2D eigenvalue weighted by atomic mass is 9.99. The Labute approximate surface area is 118 Å². The summed E-state index contributed by atoms with van der Waals surface area (Å²) in [6, 6.07) is 7.60. The predicted molar refractivity (Wildman–Crippen MR) is 74.6 cm³/mol. The van der Waals surface area contributed by atoms with Crippen molar-refractivity contribution in [2.24, 2.45) is 0 Å². The van der Waals surface area contributed by atoms with Crippen molar-refractivity contribution in [3.05, 3.63) is 29.8 Å². The van der Waals surface area contributed by atoms with Gasteiger partial charge in [0.1, 0.15) is 11.8 Å². The van der Waals surface area contributed by atoms with Gasteiger partial charge in [-0.2, -0.15) is 0 Å². The van der Waals surface area contributed by atoms with Gasteiger partial charge in [0.05, 0.1) is 25.4 Å². The van der Waals surface area contributed by atoms with Crippen molar-refractivity contribution in [3.8, 4) is 5.75 Å². The molecule has 108 valence electrons. The quantitative estimate of drug-likeness (QED) is 0.846. The maximum Gasteiger partial charge on any atom is 0.240 e. The lowest BCUT2D eigenvalue weighted by molar-refractivity contribution is -0.129. The Hall–Kier alpha value is -1.59. The third-order valence-corrected chi connectivity index (χ3v) is 3.87. The van der Waals surface area contributed by atoms with Crippen LogP contribution in [0.5, 0.6) is 5.75 Å². The predicted octanol–water partition coefficient (Wildman–Crippen LogP) is 1.00. The van der Waals surface area contributed by atoms with Crippen LogP contribution in [0.15, 0.2) is 24.3 Å². The molecule has 2 aliphatic rings. The molecule has 3 rings (SSSR count). The Balaban J connectivity index is 1.70. The van der Waals surface area contributed by atoms with E-state index in [4.69, 9.17) is 9.47 Å². The van der Waals surface area contributed by atoms with Crippen LogP contribution >= 0.6 is 0 Å². The lowest BCUT2D eigenvalue weighted by Gasteiger charge is -2.32. The summed E-state index contributed by atoms with van der Waals surface area (Å²) in [6.45, 7) is 3.93. The van der Waals surface area contributed by atoms with Gasteiger partial charge in [0.25, 0.3) is 0 Å². The maximum absolute atomic E-state index is 12.4. The molecule has 5 nitrogen and oxygen atoms in total. The van der Waals surface area contributed by atoms with Crippen LogP contribution in [0.3, 0.4) is 0 Å². The van der Waals surface area contributed by atoms with Gasteiger partial charge in [-0.15, -0.1) is 0 Å². The van der Waals surface area contributed by atoms with E-state index in [-0.39, 0.29) is 24.1 Å². The number of morpholine rings is 1. The third-order valence-electron chi connectivity index (χ3n) is 3.87. The van der Waals surface area contributed by atoms with Crippen molar-refractivity contribution in [1.82, 2.24) is 10.6 Å². The molecule has 0 saturated carbocycles. The first-order chi connectivity index (χ1) is 9.75. The van der Waals surface area contributed by atoms with Crippen LogP contribution in [0.2, 0.25) is 0 Å². The van der Waals surface area contributed by atoms with Gasteiger partial charge in [-0.1, -0.05) is 18.2 Å². The van der Waals surface area contributed by atoms with Crippen LogP contribution in [-0.4, -0.2) is 37.8 Å². The van der Waals surface area contributed by atoms with Crippen molar-refractivity contribution >= 4 is 5.91 Å². The van der Waals surface area contributed by atoms with Crippen molar-refractivity contribution in [2.45, 2.75) is 31.5 Å². The summed E-state index contributed by atoms with van der Waals surface area (Å²) in [5.74, 6) is 0.865. The highest BCUT2D eigenvalue weighted by Gasteiger charge is 2.31. The summed E-state index contributed by atoms with van der Waals surface area (Å²) in [4.78, 5) is 12.4. The molecule has 3 atom stereocenters. The van der Waals surface area contributed by atoms with Gasteiger partial charge in [0.2, 0.25) is 5.91 Å². The minimum absolute atomic E-state index is 0.00102. The highest BCUT2D eigenvalue weighted by molar-refractivity contribution is 5.83. The molecule has 1 fully saturated rings. The van der Waals surface area contributed by atoms with E-state index >= 15 is 0 Å². The summed E-state index contributed by atoms with van der Waals surface area (Å²) in [5.41, 5.74) is 1.05. The molecule has 1 unspecified atom stereocenters. The largest absolute Gasteiger partial charge is 0.493 e. The molecule has 0 aromatic heterocycles. The highest BCUT2D eigenvalue weighted by atomic mass is 16.5. The zero-order chi connectivity index (χ0) is 13.9. The van der Waals surface area contributed by atoms with Crippen molar-refractivity contribution < 1.29 is 14.3 Å². The van der Waals surface area contributed by atoms with Crippen LogP contribution in [0.1, 0.15) is 24.9 Å². The SMILES string of the molecule is C[C@H]1OCCN[C@@H]1C(=O)NC1CCOc2ccccc21. The molecule has 0 spiro atoms. The second-order valence-corrected chi connectivity index (χ2v) is 5.24. The Morgan fingerprint density at radius 3 is 3.05 bits per heavy atom. The van der Waals surface area contributed by atoms with Crippen molar-refractivity contribution in [2.75, 3.05) is 19.8 Å². The summed E-state index contributed by atoms with van der Waals surface area (Å²) < 4.78 is 11.1. The third kappa shape index (κ3) is 2.64. The number of para-hydroxylation sites is 1. The Bertz CT molecular complexity index is 492. The van der Waals surface area contributed by atoms with E-state index in [1.807, 2.05) is 31.2 Å². The fraction of sp³-hybridized carbons (Fsp3) is 0.533. The molecule has 0 radical (unpaired) electrons. The molecule has 1 amide bonds.